The van der Waals surface area contributed by atoms with E-state index in [2.05, 4.69) is 46.1 Å². The molecule has 0 radical (unpaired) electrons. The monoisotopic (exact) mass is 506 g/mol. The Kier molecular flexibility index (Phi) is 4.83. The van der Waals surface area contributed by atoms with Gasteiger partial charge in [0.25, 0.3) is 5.91 Å². The summed E-state index contributed by atoms with van der Waals surface area (Å²) in [5.74, 6) is 0.705. The van der Waals surface area contributed by atoms with Crippen molar-refractivity contribution in [3.8, 4) is 5.75 Å². The third kappa shape index (κ3) is 3.10. The van der Waals surface area contributed by atoms with Gasteiger partial charge in [0, 0.05) is 20.2 Å². The van der Waals surface area contributed by atoms with E-state index in [9.17, 15) is 4.79 Å². The Morgan fingerprint density at radius 2 is 1.70 bits per heavy atom. The van der Waals surface area contributed by atoms with Crippen molar-refractivity contribution in [3.05, 3.63) is 99.6 Å². The quantitative estimate of drug-likeness (QED) is 0.336. The van der Waals surface area contributed by atoms with E-state index in [0.717, 1.165) is 37.0 Å². The molecule has 0 aliphatic carbocycles. The first-order valence-corrected chi connectivity index (χ1v) is 10.8. The molecular formula is C25H19IN2O2. The van der Waals surface area contributed by atoms with Gasteiger partial charge in [-0.25, -0.2) is 0 Å². The van der Waals surface area contributed by atoms with Gasteiger partial charge in [-0.15, -0.1) is 0 Å². The van der Waals surface area contributed by atoms with Crippen molar-refractivity contribution in [1.82, 2.24) is 0 Å². The second-order valence-electron chi connectivity index (χ2n) is 7.15. The van der Waals surface area contributed by atoms with Crippen LogP contribution in [-0.2, 0) is 0 Å². The summed E-state index contributed by atoms with van der Waals surface area (Å²) in [7, 11) is 1.65. The highest BCUT2D eigenvalue weighted by molar-refractivity contribution is 14.1. The first-order valence-electron chi connectivity index (χ1n) is 9.67. The Morgan fingerprint density at radius 3 is 2.57 bits per heavy atom. The van der Waals surface area contributed by atoms with Crippen LogP contribution in [0.25, 0.3) is 10.8 Å². The van der Waals surface area contributed by atoms with Crippen LogP contribution in [0.1, 0.15) is 22.1 Å². The molecule has 0 unspecified atom stereocenters. The molecule has 1 aliphatic rings. The van der Waals surface area contributed by atoms with Crippen molar-refractivity contribution in [3.63, 3.8) is 0 Å². The van der Waals surface area contributed by atoms with E-state index in [1.807, 2.05) is 71.6 Å². The predicted octanol–water partition coefficient (Wildman–Crippen LogP) is 6.22. The molecule has 5 heteroatoms. The van der Waals surface area contributed by atoms with Gasteiger partial charge in [-0.3, -0.25) is 9.69 Å². The molecule has 0 aromatic heterocycles. The highest BCUT2D eigenvalue weighted by atomic mass is 127. The molecule has 0 spiro atoms. The van der Waals surface area contributed by atoms with E-state index in [1.54, 1.807) is 7.11 Å². The third-order valence-electron chi connectivity index (χ3n) is 5.44. The molecule has 0 saturated carbocycles. The molecule has 4 aromatic carbocycles. The fraction of sp³-hybridized carbons (Fsp3) is 0.0800. The predicted molar refractivity (Wildman–Crippen MR) is 129 cm³/mol. The van der Waals surface area contributed by atoms with E-state index in [1.165, 1.54) is 0 Å². The lowest BCUT2D eigenvalue weighted by Crippen LogP contribution is -2.43. The summed E-state index contributed by atoms with van der Waals surface area (Å²) in [6.07, 6.45) is -0.396. The van der Waals surface area contributed by atoms with Crippen molar-refractivity contribution < 1.29 is 9.53 Å². The minimum atomic E-state index is -0.396. The minimum absolute atomic E-state index is 0.0328. The average Bonchev–Trinajstić information content (AvgIpc) is 2.79. The molecule has 4 nitrogen and oxygen atoms in total. The molecule has 0 bridgehead atoms. The van der Waals surface area contributed by atoms with E-state index in [0.29, 0.717) is 5.56 Å². The van der Waals surface area contributed by atoms with E-state index in [4.69, 9.17) is 4.74 Å². The Labute approximate surface area is 188 Å². The van der Waals surface area contributed by atoms with Gasteiger partial charge in [-0.1, -0.05) is 54.6 Å². The van der Waals surface area contributed by atoms with Crippen LogP contribution in [0.4, 0.5) is 11.4 Å². The smallest absolute Gasteiger partial charge is 0.262 e. The summed E-state index contributed by atoms with van der Waals surface area (Å²) in [4.78, 5) is 15.7. The van der Waals surface area contributed by atoms with Crippen LogP contribution in [0.3, 0.4) is 0 Å². The number of ether oxygens (including phenoxy) is 1. The number of amides is 1. The highest BCUT2D eigenvalue weighted by Crippen LogP contribution is 2.42. The van der Waals surface area contributed by atoms with Crippen LogP contribution in [0.2, 0.25) is 0 Å². The maximum atomic E-state index is 13.8. The van der Waals surface area contributed by atoms with Crippen LogP contribution in [0.15, 0.2) is 84.9 Å². The fourth-order valence-electron chi connectivity index (χ4n) is 4.05. The number of halogens is 1. The van der Waals surface area contributed by atoms with E-state index in [-0.39, 0.29) is 5.91 Å². The molecule has 5 rings (SSSR count). The second kappa shape index (κ2) is 7.65. The van der Waals surface area contributed by atoms with Gasteiger partial charge in [0.15, 0.2) is 0 Å². The van der Waals surface area contributed by atoms with Crippen molar-refractivity contribution in [2.45, 2.75) is 6.17 Å². The molecule has 1 heterocycles. The molecule has 4 aromatic rings. The lowest BCUT2D eigenvalue weighted by atomic mass is 10.00. The fourth-order valence-corrected chi connectivity index (χ4v) is 4.55. The minimum Gasteiger partial charge on any atom is -0.496 e. The summed E-state index contributed by atoms with van der Waals surface area (Å²) in [5.41, 5.74) is 3.27. The van der Waals surface area contributed by atoms with E-state index < -0.39 is 6.17 Å². The maximum absolute atomic E-state index is 13.8. The van der Waals surface area contributed by atoms with Crippen LogP contribution < -0.4 is 15.0 Å². The molecule has 148 valence electrons. The van der Waals surface area contributed by atoms with Gasteiger partial charge in [0.2, 0.25) is 0 Å². The van der Waals surface area contributed by atoms with Crippen LogP contribution in [0.5, 0.6) is 5.75 Å². The van der Waals surface area contributed by atoms with Crippen molar-refractivity contribution in [1.29, 1.82) is 0 Å². The first-order chi connectivity index (χ1) is 14.7. The zero-order valence-corrected chi connectivity index (χ0v) is 18.5. The topological polar surface area (TPSA) is 41.6 Å². The molecule has 1 amide bonds. The Bertz CT molecular complexity index is 1270. The molecule has 0 saturated heterocycles. The van der Waals surface area contributed by atoms with E-state index >= 15 is 0 Å². The van der Waals surface area contributed by atoms with Gasteiger partial charge >= 0.3 is 0 Å². The maximum Gasteiger partial charge on any atom is 0.262 e. The molecular weight excluding hydrogens is 487 g/mol. The number of hydrogen-bond acceptors (Lipinski definition) is 3. The lowest BCUT2D eigenvalue weighted by molar-refractivity contribution is 0.0975. The molecule has 1 N–H and O–H groups in total. The SMILES string of the molecule is COc1ccccc1[C@H]1Nc2ccc(I)cc2C(=O)N1c1cccc2ccccc12. The molecule has 1 aliphatic heterocycles. The summed E-state index contributed by atoms with van der Waals surface area (Å²) in [6, 6.07) is 27.9. The van der Waals surface area contributed by atoms with Crippen LogP contribution >= 0.6 is 22.6 Å². The normalized spacial score (nSPS) is 15.6. The first kappa shape index (κ1) is 18.9. The Balaban J connectivity index is 1.77. The number of para-hydroxylation sites is 1. The molecule has 1 atom stereocenters. The van der Waals surface area contributed by atoms with Gasteiger partial charge in [0.1, 0.15) is 11.9 Å². The zero-order chi connectivity index (χ0) is 20.7. The van der Waals surface area contributed by atoms with Crippen molar-refractivity contribution in [2.24, 2.45) is 0 Å². The zero-order valence-electron chi connectivity index (χ0n) is 16.3. The summed E-state index contributed by atoms with van der Waals surface area (Å²) in [6.45, 7) is 0. The van der Waals surface area contributed by atoms with Gasteiger partial charge < -0.3 is 10.1 Å². The highest BCUT2D eigenvalue weighted by Gasteiger charge is 2.36. The number of hydrogen-bond donors (Lipinski definition) is 1. The number of anilines is 2. The van der Waals surface area contributed by atoms with Crippen LogP contribution in [0, 0.1) is 3.57 Å². The Morgan fingerprint density at radius 1 is 0.933 bits per heavy atom. The second-order valence-corrected chi connectivity index (χ2v) is 8.40. The van der Waals surface area contributed by atoms with Gasteiger partial charge in [0.05, 0.1) is 18.4 Å². The number of carbonyl (C=O) groups excluding carboxylic acids is 1. The average molecular weight is 506 g/mol. The number of benzene rings is 4. The van der Waals surface area contributed by atoms with Gasteiger partial charge in [-0.05, 0) is 58.3 Å². The number of fused-ring (bicyclic) bond motifs is 2. The van der Waals surface area contributed by atoms with Crippen molar-refractivity contribution in [2.75, 3.05) is 17.3 Å². The van der Waals surface area contributed by atoms with Gasteiger partial charge in [-0.2, -0.15) is 0 Å². The van der Waals surface area contributed by atoms with Crippen LogP contribution in [-0.4, -0.2) is 13.0 Å². The largest absolute Gasteiger partial charge is 0.496 e. The third-order valence-corrected chi connectivity index (χ3v) is 6.11. The number of methoxy groups -OCH3 is 1. The Hall–Kier alpha value is -3.06. The summed E-state index contributed by atoms with van der Waals surface area (Å²) >= 11 is 2.24. The number of nitrogens with one attached hydrogen (secondary N) is 1. The lowest BCUT2D eigenvalue weighted by Gasteiger charge is -2.39. The molecule has 0 fully saturated rings. The number of rotatable bonds is 3. The standard InChI is InChI=1S/C25H19IN2O2/c1-30-23-12-5-4-10-19(23)24-27-21-14-13-17(26)15-20(21)25(29)28(24)22-11-6-8-16-7-2-3-9-18(16)22/h2-15,24,27H,1H3/t24-/m0/s1. The molecule has 30 heavy (non-hydrogen) atoms. The number of carbonyl (C=O) groups is 1. The summed E-state index contributed by atoms with van der Waals surface area (Å²) in [5, 5.41) is 5.70. The number of nitrogens with zero attached hydrogens (tertiary/aromatic N) is 1. The van der Waals surface area contributed by atoms with Crippen molar-refractivity contribution >= 4 is 50.6 Å². The summed E-state index contributed by atoms with van der Waals surface area (Å²) < 4.78 is 6.66.